The second kappa shape index (κ2) is 8.37. The Labute approximate surface area is 83.3 Å². The molecule has 0 bridgehead atoms. The van der Waals surface area contributed by atoms with Crippen LogP contribution < -0.4 is 0 Å². The van der Waals surface area contributed by atoms with Gasteiger partial charge in [0, 0.05) is 6.61 Å². The van der Waals surface area contributed by atoms with Crippen LogP contribution in [0.3, 0.4) is 0 Å². The fourth-order valence-electron chi connectivity index (χ4n) is 0.690. The number of ether oxygens (including phenoxy) is 3. The first-order valence-electron chi connectivity index (χ1n) is 4.49. The monoisotopic (exact) mass is 204 g/mol. The molecule has 0 aromatic carbocycles. The third-order valence-electron chi connectivity index (χ3n) is 1.09. The molecule has 0 aromatic heterocycles. The predicted octanol–water partition coefficient (Wildman–Crippen LogP) is 0.436. The molecule has 1 heterocycles. The van der Waals surface area contributed by atoms with Crippen LogP contribution in [0.5, 0.6) is 0 Å². The third-order valence-corrected chi connectivity index (χ3v) is 1.09. The summed E-state index contributed by atoms with van der Waals surface area (Å²) in [6.45, 7) is 5.05. The number of hydrogen-bond acceptors (Lipinski definition) is 5. The van der Waals surface area contributed by atoms with Crippen molar-refractivity contribution in [1.82, 2.24) is 0 Å². The van der Waals surface area contributed by atoms with Crippen molar-refractivity contribution in [3.05, 3.63) is 12.0 Å². The first-order valence-corrected chi connectivity index (χ1v) is 4.49. The van der Waals surface area contributed by atoms with Crippen LogP contribution in [0, 0.1) is 0 Å². The Morgan fingerprint density at radius 2 is 2.00 bits per heavy atom. The molecule has 1 fully saturated rings. The van der Waals surface area contributed by atoms with Gasteiger partial charge in [-0.15, -0.1) is 0 Å². The zero-order valence-corrected chi connectivity index (χ0v) is 8.49. The summed E-state index contributed by atoms with van der Waals surface area (Å²) in [6, 6.07) is 0. The van der Waals surface area contributed by atoms with Crippen molar-refractivity contribution in [2.75, 3.05) is 26.4 Å². The summed E-state index contributed by atoms with van der Waals surface area (Å²) in [5.41, 5.74) is 0. The van der Waals surface area contributed by atoms with E-state index in [4.69, 9.17) is 14.6 Å². The van der Waals surface area contributed by atoms with Crippen LogP contribution in [0.25, 0.3) is 0 Å². The average molecular weight is 204 g/mol. The molecule has 1 aliphatic heterocycles. The summed E-state index contributed by atoms with van der Waals surface area (Å²) in [4.78, 5) is 10.7. The molecule has 0 aliphatic carbocycles. The standard InChI is InChI=1S/C7H10O4.C2H6O/c1-2-9-6(8)5-7-10-3-4-11-7;1-2-3/h5H,2-4H2,1H3;3H,2H2,1H3. The zero-order valence-electron chi connectivity index (χ0n) is 8.49. The van der Waals surface area contributed by atoms with Gasteiger partial charge in [0.2, 0.25) is 0 Å². The van der Waals surface area contributed by atoms with Gasteiger partial charge < -0.3 is 19.3 Å². The maximum Gasteiger partial charge on any atom is 0.337 e. The summed E-state index contributed by atoms with van der Waals surface area (Å²) in [5, 5.41) is 7.57. The quantitative estimate of drug-likeness (QED) is 0.522. The van der Waals surface area contributed by atoms with Gasteiger partial charge in [0.05, 0.1) is 6.61 Å². The first kappa shape index (κ1) is 12.8. The Balaban J connectivity index is 0.000000500. The van der Waals surface area contributed by atoms with Gasteiger partial charge in [-0.05, 0) is 13.8 Å². The van der Waals surface area contributed by atoms with E-state index in [2.05, 4.69) is 4.74 Å². The topological polar surface area (TPSA) is 65.0 Å². The number of hydrogen-bond donors (Lipinski definition) is 1. The lowest BCUT2D eigenvalue weighted by molar-refractivity contribution is -0.137. The van der Waals surface area contributed by atoms with Crippen LogP contribution in [0.4, 0.5) is 0 Å². The van der Waals surface area contributed by atoms with E-state index in [9.17, 15) is 4.79 Å². The van der Waals surface area contributed by atoms with E-state index >= 15 is 0 Å². The van der Waals surface area contributed by atoms with Crippen molar-refractivity contribution in [1.29, 1.82) is 0 Å². The minimum atomic E-state index is -0.426. The summed E-state index contributed by atoms with van der Waals surface area (Å²) in [5.74, 6) is -0.173. The molecule has 0 unspecified atom stereocenters. The van der Waals surface area contributed by atoms with Crippen molar-refractivity contribution < 1.29 is 24.1 Å². The molecule has 0 atom stereocenters. The van der Waals surface area contributed by atoms with E-state index in [1.165, 1.54) is 6.08 Å². The second-order valence-corrected chi connectivity index (χ2v) is 2.23. The van der Waals surface area contributed by atoms with Crippen LogP contribution in [0.2, 0.25) is 0 Å². The van der Waals surface area contributed by atoms with E-state index in [1.807, 2.05) is 0 Å². The molecule has 0 spiro atoms. The molecule has 0 radical (unpaired) electrons. The molecule has 5 nitrogen and oxygen atoms in total. The fraction of sp³-hybridized carbons (Fsp3) is 0.667. The van der Waals surface area contributed by atoms with Crippen molar-refractivity contribution >= 4 is 5.97 Å². The van der Waals surface area contributed by atoms with Gasteiger partial charge in [-0.2, -0.15) is 0 Å². The van der Waals surface area contributed by atoms with Crippen LogP contribution in [-0.2, 0) is 19.0 Å². The molecule has 5 heteroatoms. The Morgan fingerprint density at radius 3 is 2.43 bits per heavy atom. The van der Waals surface area contributed by atoms with E-state index in [-0.39, 0.29) is 12.6 Å². The van der Waals surface area contributed by atoms with Gasteiger partial charge in [0.15, 0.2) is 0 Å². The highest BCUT2D eigenvalue weighted by Gasteiger charge is 2.10. The molecule has 0 saturated carbocycles. The number of aliphatic hydroxyl groups excluding tert-OH is 1. The van der Waals surface area contributed by atoms with E-state index in [0.717, 1.165) is 0 Å². The Hall–Kier alpha value is -1.23. The number of aliphatic hydroxyl groups is 1. The molecular weight excluding hydrogens is 188 g/mol. The van der Waals surface area contributed by atoms with Gasteiger partial charge in [0.25, 0.3) is 5.95 Å². The average Bonchev–Trinajstić information content (AvgIpc) is 2.58. The van der Waals surface area contributed by atoms with Crippen LogP contribution >= 0.6 is 0 Å². The van der Waals surface area contributed by atoms with E-state index in [1.54, 1.807) is 13.8 Å². The lowest BCUT2D eigenvalue weighted by atomic mass is 10.6. The van der Waals surface area contributed by atoms with Crippen LogP contribution in [0.15, 0.2) is 12.0 Å². The van der Waals surface area contributed by atoms with E-state index < -0.39 is 5.97 Å². The molecule has 82 valence electrons. The highest BCUT2D eigenvalue weighted by Crippen LogP contribution is 2.06. The molecule has 1 saturated heterocycles. The first-order chi connectivity index (χ1) is 6.74. The summed E-state index contributed by atoms with van der Waals surface area (Å²) >= 11 is 0. The lowest BCUT2D eigenvalue weighted by Crippen LogP contribution is -2.01. The lowest BCUT2D eigenvalue weighted by Gasteiger charge is -1.97. The molecule has 1 N–H and O–H groups in total. The third kappa shape index (κ3) is 6.30. The number of carbonyl (C=O) groups excluding carboxylic acids is 1. The Bertz CT molecular complexity index is 180. The van der Waals surface area contributed by atoms with Crippen molar-refractivity contribution in [2.24, 2.45) is 0 Å². The number of esters is 1. The van der Waals surface area contributed by atoms with Gasteiger partial charge in [0.1, 0.15) is 19.3 Å². The highest BCUT2D eigenvalue weighted by atomic mass is 16.7. The number of carbonyl (C=O) groups is 1. The minimum Gasteiger partial charge on any atom is -0.463 e. The SMILES string of the molecule is CCO.CCOC(=O)C=C1OCCO1. The Kier molecular flexibility index (Phi) is 7.64. The molecule has 0 aromatic rings. The normalized spacial score (nSPS) is 13.2. The summed E-state index contributed by atoms with van der Waals surface area (Å²) in [7, 11) is 0. The van der Waals surface area contributed by atoms with Crippen molar-refractivity contribution in [3.8, 4) is 0 Å². The molecule has 1 rings (SSSR count). The molecule has 1 aliphatic rings. The zero-order chi connectivity index (χ0) is 10.8. The minimum absolute atomic E-state index is 0.250. The molecule has 0 amide bonds. The van der Waals surface area contributed by atoms with Gasteiger partial charge >= 0.3 is 5.97 Å². The maximum atomic E-state index is 10.7. The van der Waals surface area contributed by atoms with Crippen molar-refractivity contribution in [2.45, 2.75) is 13.8 Å². The molecular formula is C9H16O5. The fourth-order valence-corrected chi connectivity index (χ4v) is 0.690. The summed E-state index contributed by atoms with van der Waals surface area (Å²) in [6.07, 6.45) is 1.20. The van der Waals surface area contributed by atoms with Crippen LogP contribution in [0.1, 0.15) is 13.8 Å². The predicted molar refractivity (Wildman–Crippen MR) is 49.4 cm³/mol. The van der Waals surface area contributed by atoms with Crippen molar-refractivity contribution in [3.63, 3.8) is 0 Å². The van der Waals surface area contributed by atoms with Crippen LogP contribution in [-0.4, -0.2) is 37.5 Å². The van der Waals surface area contributed by atoms with E-state index in [0.29, 0.717) is 19.8 Å². The molecule has 14 heavy (non-hydrogen) atoms. The second-order valence-electron chi connectivity index (χ2n) is 2.23. The maximum absolute atomic E-state index is 10.7. The largest absolute Gasteiger partial charge is 0.463 e. The Morgan fingerprint density at radius 1 is 1.50 bits per heavy atom. The van der Waals surface area contributed by atoms with Gasteiger partial charge in [-0.3, -0.25) is 0 Å². The highest BCUT2D eigenvalue weighted by molar-refractivity contribution is 5.82. The summed E-state index contributed by atoms with van der Waals surface area (Å²) < 4.78 is 14.4. The van der Waals surface area contributed by atoms with Gasteiger partial charge in [-0.25, -0.2) is 4.79 Å². The smallest absolute Gasteiger partial charge is 0.337 e. The number of rotatable bonds is 2. The van der Waals surface area contributed by atoms with Gasteiger partial charge in [-0.1, -0.05) is 0 Å².